The van der Waals surface area contributed by atoms with E-state index in [0.717, 1.165) is 6.20 Å². The van der Waals surface area contributed by atoms with Crippen LogP contribution in [0.15, 0.2) is 36.7 Å². The van der Waals surface area contributed by atoms with E-state index in [-0.39, 0.29) is 0 Å². The van der Waals surface area contributed by atoms with Gasteiger partial charge in [0, 0.05) is 23.4 Å². The number of hydrogen-bond acceptors (Lipinski definition) is 4. The van der Waals surface area contributed by atoms with Gasteiger partial charge in [0.25, 0.3) is 0 Å². The summed E-state index contributed by atoms with van der Waals surface area (Å²) in [5.74, 6) is 0.777. The van der Waals surface area contributed by atoms with E-state index in [1.54, 1.807) is 31.4 Å². The highest BCUT2D eigenvalue weighted by atomic mass is 19.1. The molecule has 0 aliphatic rings. The van der Waals surface area contributed by atoms with Crippen molar-refractivity contribution in [2.75, 3.05) is 14.2 Å². The quantitative estimate of drug-likeness (QED) is 0.918. The summed E-state index contributed by atoms with van der Waals surface area (Å²) in [6, 6.07) is 6.18. The van der Waals surface area contributed by atoms with Crippen molar-refractivity contribution in [3.8, 4) is 11.5 Å². The molecule has 2 aromatic rings. The predicted octanol–water partition coefficient (Wildman–Crippen LogP) is 2.29. The Bertz CT molecular complexity index is 575. The lowest BCUT2D eigenvalue weighted by atomic mass is 9.99. The smallest absolute Gasteiger partial charge is 0.146 e. The first kappa shape index (κ1) is 13.3. The van der Waals surface area contributed by atoms with Crippen molar-refractivity contribution >= 4 is 0 Å². The Balaban J connectivity index is 2.44. The number of pyridine rings is 1. The number of nitrogens with zero attached hydrogens (tertiary/aromatic N) is 1. The molecule has 2 rings (SSSR count). The minimum Gasteiger partial charge on any atom is -0.497 e. The second-order valence-corrected chi connectivity index (χ2v) is 3.98. The van der Waals surface area contributed by atoms with Crippen molar-refractivity contribution in [2.24, 2.45) is 5.73 Å². The standard InChI is InChI=1S/C14H15FN2O2/c1-18-9-3-4-11(13(7-9)19-2)14(16)10-5-6-17-8-12(10)15/h3-8,14H,16H2,1-2H3. The fraction of sp³-hybridized carbons (Fsp3) is 0.214. The Kier molecular flexibility index (Phi) is 3.97. The summed E-state index contributed by atoms with van der Waals surface area (Å²) in [6.45, 7) is 0. The van der Waals surface area contributed by atoms with Crippen molar-refractivity contribution in [2.45, 2.75) is 6.04 Å². The van der Waals surface area contributed by atoms with Crippen LogP contribution in [0.5, 0.6) is 11.5 Å². The predicted molar refractivity (Wildman–Crippen MR) is 69.8 cm³/mol. The Labute approximate surface area is 111 Å². The molecule has 0 saturated carbocycles. The van der Waals surface area contributed by atoms with Gasteiger partial charge in [0.05, 0.1) is 26.5 Å². The zero-order valence-corrected chi connectivity index (χ0v) is 10.8. The lowest BCUT2D eigenvalue weighted by molar-refractivity contribution is 0.389. The van der Waals surface area contributed by atoms with Gasteiger partial charge in [0.2, 0.25) is 0 Å². The monoisotopic (exact) mass is 262 g/mol. The highest BCUT2D eigenvalue weighted by Gasteiger charge is 2.18. The maximum atomic E-state index is 13.7. The molecule has 0 bridgehead atoms. The number of halogens is 1. The van der Waals surface area contributed by atoms with E-state index in [1.807, 2.05) is 0 Å². The molecular formula is C14H15FN2O2. The number of methoxy groups -OCH3 is 2. The van der Waals surface area contributed by atoms with Gasteiger partial charge in [-0.05, 0) is 18.2 Å². The molecule has 2 N–H and O–H groups in total. The van der Waals surface area contributed by atoms with Crippen LogP contribution in [0.25, 0.3) is 0 Å². The first-order chi connectivity index (χ1) is 9.17. The van der Waals surface area contributed by atoms with E-state index in [2.05, 4.69) is 4.98 Å². The second-order valence-electron chi connectivity index (χ2n) is 3.98. The largest absolute Gasteiger partial charge is 0.497 e. The summed E-state index contributed by atoms with van der Waals surface area (Å²) < 4.78 is 24.1. The van der Waals surface area contributed by atoms with Gasteiger partial charge in [0.1, 0.15) is 17.3 Å². The molecule has 5 heteroatoms. The van der Waals surface area contributed by atoms with Crippen LogP contribution in [0.2, 0.25) is 0 Å². The first-order valence-corrected chi connectivity index (χ1v) is 5.74. The van der Waals surface area contributed by atoms with Crippen molar-refractivity contribution in [1.82, 2.24) is 4.98 Å². The molecule has 1 unspecified atom stereocenters. The normalized spacial score (nSPS) is 12.0. The minimum absolute atomic E-state index is 0.374. The van der Waals surface area contributed by atoms with Crippen LogP contribution in [-0.2, 0) is 0 Å². The second kappa shape index (κ2) is 5.67. The summed E-state index contributed by atoms with van der Waals surface area (Å²) in [7, 11) is 3.10. The summed E-state index contributed by atoms with van der Waals surface area (Å²) in [5.41, 5.74) is 7.16. The Hall–Kier alpha value is -2.14. The lowest BCUT2D eigenvalue weighted by Gasteiger charge is -2.17. The SMILES string of the molecule is COc1ccc(C(N)c2ccncc2F)c(OC)c1. The van der Waals surface area contributed by atoms with E-state index in [4.69, 9.17) is 15.2 Å². The third kappa shape index (κ3) is 2.66. The van der Waals surface area contributed by atoms with Gasteiger partial charge in [0.15, 0.2) is 0 Å². The zero-order valence-electron chi connectivity index (χ0n) is 10.8. The van der Waals surface area contributed by atoms with E-state index in [0.29, 0.717) is 22.6 Å². The summed E-state index contributed by atoms with van der Waals surface area (Å²) in [4.78, 5) is 3.71. The zero-order chi connectivity index (χ0) is 13.8. The van der Waals surface area contributed by atoms with Gasteiger partial charge in [-0.25, -0.2) is 4.39 Å². The molecule has 0 fully saturated rings. The lowest BCUT2D eigenvalue weighted by Crippen LogP contribution is -2.15. The third-order valence-corrected chi connectivity index (χ3v) is 2.91. The van der Waals surface area contributed by atoms with Gasteiger partial charge in [-0.3, -0.25) is 4.98 Å². The fourth-order valence-corrected chi connectivity index (χ4v) is 1.88. The molecule has 4 nitrogen and oxygen atoms in total. The van der Waals surface area contributed by atoms with Crippen LogP contribution in [0.3, 0.4) is 0 Å². The van der Waals surface area contributed by atoms with Crippen molar-refractivity contribution < 1.29 is 13.9 Å². The fourth-order valence-electron chi connectivity index (χ4n) is 1.88. The number of rotatable bonds is 4. The molecule has 0 spiro atoms. The Morgan fingerprint density at radius 1 is 1.16 bits per heavy atom. The highest BCUT2D eigenvalue weighted by molar-refractivity contribution is 5.45. The van der Waals surface area contributed by atoms with Gasteiger partial charge >= 0.3 is 0 Å². The van der Waals surface area contributed by atoms with Crippen LogP contribution >= 0.6 is 0 Å². The molecule has 100 valence electrons. The van der Waals surface area contributed by atoms with Crippen LogP contribution in [0, 0.1) is 5.82 Å². The van der Waals surface area contributed by atoms with Crippen molar-refractivity contribution in [1.29, 1.82) is 0 Å². The Morgan fingerprint density at radius 2 is 1.95 bits per heavy atom. The minimum atomic E-state index is -0.621. The molecule has 0 aliphatic carbocycles. The molecule has 0 saturated heterocycles. The molecule has 1 aromatic heterocycles. The van der Waals surface area contributed by atoms with Gasteiger partial charge in [-0.2, -0.15) is 0 Å². The number of aromatic nitrogens is 1. The summed E-state index contributed by atoms with van der Waals surface area (Å²) in [6.07, 6.45) is 2.65. The van der Waals surface area contributed by atoms with Gasteiger partial charge < -0.3 is 15.2 Å². The van der Waals surface area contributed by atoms with E-state index < -0.39 is 11.9 Å². The van der Waals surface area contributed by atoms with Crippen LogP contribution in [-0.4, -0.2) is 19.2 Å². The average molecular weight is 262 g/mol. The van der Waals surface area contributed by atoms with E-state index >= 15 is 0 Å². The number of ether oxygens (including phenoxy) is 2. The van der Waals surface area contributed by atoms with Gasteiger partial charge in [-0.1, -0.05) is 0 Å². The summed E-state index contributed by atoms with van der Waals surface area (Å²) in [5, 5.41) is 0. The molecule has 0 amide bonds. The average Bonchev–Trinajstić information content (AvgIpc) is 2.46. The van der Waals surface area contributed by atoms with Crippen LogP contribution in [0.1, 0.15) is 17.2 Å². The van der Waals surface area contributed by atoms with Crippen molar-refractivity contribution in [3.05, 3.63) is 53.6 Å². The Morgan fingerprint density at radius 3 is 2.58 bits per heavy atom. The molecule has 0 aliphatic heterocycles. The number of benzene rings is 1. The van der Waals surface area contributed by atoms with Gasteiger partial charge in [-0.15, -0.1) is 0 Å². The van der Waals surface area contributed by atoms with Crippen LogP contribution in [0.4, 0.5) is 4.39 Å². The molecule has 1 atom stereocenters. The number of nitrogens with two attached hydrogens (primary N) is 1. The molecular weight excluding hydrogens is 247 g/mol. The molecule has 1 heterocycles. The molecule has 19 heavy (non-hydrogen) atoms. The number of hydrogen-bond donors (Lipinski definition) is 1. The van der Waals surface area contributed by atoms with E-state index in [1.165, 1.54) is 13.3 Å². The van der Waals surface area contributed by atoms with Crippen LogP contribution < -0.4 is 15.2 Å². The maximum absolute atomic E-state index is 13.7. The maximum Gasteiger partial charge on any atom is 0.146 e. The molecule has 0 radical (unpaired) electrons. The topological polar surface area (TPSA) is 57.4 Å². The highest BCUT2D eigenvalue weighted by Crippen LogP contribution is 2.32. The third-order valence-electron chi connectivity index (χ3n) is 2.91. The first-order valence-electron chi connectivity index (χ1n) is 5.74. The van der Waals surface area contributed by atoms with Crippen molar-refractivity contribution in [3.63, 3.8) is 0 Å². The molecule has 1 aromatic carbocycles. The van der Waals surface area contributed by atoms with E-state index in [9.17, 15) is 4.39 Å². The summed E-state index contributed by atoms with van der Waals surface area (Å²) >= 11 is 0.